The second kappa shape index (κ2) is 8.29. The average Bonchev–Trinajstić information content (AvgIpc) is 3.53. The van der Waals surface area contributed by atoms with E-state index in [0.717, 1.165) is 36.1 Å². The Balaban J connectivity index is 1.27. The van der Waals surface area contributed by atoms with Gasteiger partial charge in [-0.05, 0) is 67.5 Å². The third-order valence-electron chi connectivity index (χ3n) is 6.75. The molecule has 2 heterocycles. The summed E-state index contributed by atoms with van der Waals surface area (Å²) in [5.74, 6) is 0.530. The van der Waals surface area contributed by atoms with E-state index in [1.54, 1.807) is 0 Å². The minimum Gasteiger partial charge on any atom is -0.390 e. The number of nitrogens with zero attached hydrogens (tertiary/aromatic N) is 3. The molecule has 2 fully saturated rings. The van der Waals surface area contributed by atoms with Gasteiger partial charge in [0.1, 0.15) is 0 Å². The van der Waals surface area contributed by atoms with Gasteiger partial charge in [0.15, 0.2) is 0 Å². The Bertz CT molecular complexity index is 996. The standard InChI is InChI=1S/C25H28ClN3O2/c26-21-5-1-3-19(15-21)20-4-2-6-22(16-20)29-23(9-12-27-29)17-25(31)10-13-28(14-11-25)24(30)18-7-8-18/h1-6,12,15-16,18,23,31H,7-11,13-14,17H2. The lowest BCUT2D eigenvalue weighted by Crippen LogP contribution is -2.49. The van der Waals surface area contributed by atoms with Gasteiger partial charge < -0.3 is 10.0 Å². The van der Waals surface area contributed by atoms with Gasteiger partial charge in [0.25, 0.3) is 0 Å². The Morgan fingerprint density at radius 3 is 2.52 bits per heavy atom. The second-order valence-electron chi connectivity index (χ2n) is 9.12. The molecule has 1 amide bonds. The first-order valence-corrected chi connectivity index (χ1v) is 11.6. The van der Waals surface area contributed by atoms with Crippen molar-refractivity contribution >= 4 is 29.4 Å². The van der Waals surface area contributed by atoms with E-state index in [0.29, 0.717) is 37.4 Å². The molecule has 1 saturated carbocycles. The molecule has 6 heteroatoms. The first kappa shape index (κ1) is 20.5. The summed E-state index contributed by atoms with van der Waals surface area (Å²) in [6, 6.07) is 16.3. The molecule has 3 aliphatic rings. The summed E-state index contributed by atoms with van der Waals surface area (Å²) >= 11 is 6.17. The fourth-order valence-corrected chi connectivity index (χ4v) is 4.96. The minimum absolute atomic E-state index is 0.116. The van der Waals surface area contributed by atoms with Gasteiger partial charge in [-0.25, -0.2) is 0 Å². The molecule has 0 radical (unpaired) electrons. The molecule has 1 aliphatic carbocycles. The molecule has 0 bridgehead atoms. The Morgan fingerprint density at radius 2 is 1.81 bits per heavy atom. The fraction of sp³-hybridized carbons (Fsp3) is 0.440. The zero-order valence-corrected chi connectivity index (χ0v) is 18.3. The first-order chi connectivity index (χ1) is 15.0. The number of hydrogen-bond acceptors (Lipinski definition) is 4. The molecule has 1 saturated heterocycles. The Morgan fingerprint density at radius 1 is 1.10 bits per heavy atom. The molecule has 5 nitrogen and oxygen atoms in total. The van der Waals surface area contributed by atoms with E-state index in [4.69, 9.17) is 11.6 Å². The number of halogens is 1. The average molecular weight is 438 g/mol. The van der Waals surface area contributed by atoms with Crippen LogP contribution >= 0.6 is 11.6 Å². The molecular formula is C25H28ClN3O2. The van der Waals surface area contributed by atoms with Crippen molar-refractivity contribution in [3.8, 4) is 11.1 Å². The zero-order valence-electron chi connectivity index (χ0n) is 17.6. The summed E-state index contributed by atoms with van der Waals surface area (Å²) < 4.78 is 0. The predicted octanol–water partition coefficient (Wildman–Crippen LogP) is 4.73. The lowest BCUT2D eigenvalue weighted by Gasteiger charge is -2.40. The van der Waals surface area contributed by atoms with Gasteiger partial charge in [-0.3, -0.25) is 9.80 Å². The number of carbonyl (C=O) groups is 1. The minimum atomic E-state index is -0.748. The van der Waals surface area contributed by atoms with Crippen molar-refractivity contribution in [3.05, 3.63) is 53.6 Å². The van der Waals surface area contributed by atoms with E-state index >= 15 is 0 Å². The summed E-state index contributed by atoms with van der Waals surface area (Å²) in [6.45, 7) is 1.31. The van der Waals surface area contributed by atoms with Crippen LogP contribution in [0.2, 0.25) is 5.02 Å². The molecule has 31 heavy (non-hydrogen) atoms. The summed E-state index contributed by atoms with van der Waals surface area (Å²) in [4.78, 5) is 14.3. The van der Waals surface area contributed by atoms with Crippen molar-refractivity contribution in [2.45, 2.75) is 50.2 Å². The molecule has 2 aromatic carbocycles. The Labute approximate surface area is 188 Å². The lowest BCUT2D eigenvalue weighted by atomic mass is 9.84. The van der Waals surface area contributed by atoms with Crippen LogP contribution in [0.15, 0.2) is 53.6 Å². The van der Waals surface area contributed by atoms with E-state index in [1.165, 1.54) is 0 Å². The number of rotatable bonds is 5. The quantitative estimate of drug-likeness (QED) is 0.736. The van der Waals surface area contributed by atoms with E-state index < -0.39 is 5.60 Å². The van der Waals surface area contributed by atoms with Gasteiger partial charge in [-0.2, -0.15) is 5.10 Å². The summed E-state index contributed by atoms with van der Waals surface area (Å²) in [5.41, 5.74) is 2.43. The van der Waals surface area contributed by atoms with Crippen LogP contribution in [0.1, 0.15) is 38.5 Å². The number of benzene rings is 2. The fourth-order valence-electron chi connectivity index (χ4n) is 4.77. The van der Waals surface area contributed by atoms with Crippen LogP contribution in [0, 0.1) is 5.92 Å². The molecule has 1 N–H and O–H groups in total. The number of piperidine rings is 1. The van der Waals surface area contributed by atoms with Crippen molar-refractivity contribution < 1.29 is 9.90 Å². The van der Waals surface area contributed by atoms with Crippen molar-refractivity contribution in [1.82, 2.24) is 4.90 Å². The molecule has 0 aromatic heterocycles. The molecule has 162 valence electrons. The molecule has 5 rings (SSSR count). The topological polar surface area (TPSA) is 56.1 Å². The molecular weight excluding hydrogens is 410 g/mol. The highest BCUT2D eigenvalue weighted by Crippen LogP contribution is 2.37. The summed E-state index contributed by atoms with van der Waals surface area (Å²) in [5, 5.41) is 18.6. The number of carbonyl (C=O) groups excluding carboxylic acids is 1. The number of hydrogen-bond donors (Lipinski definition) is 1. The highest BCUT2D eigenvalue weighted by molar-refractivity contribution is 6.30. The normalized spacial score (nSPS) is 22.7. The second-order valence-corrected chi connectivity index (χ2v) is 9.56. The van der Waals surface area contributed by atoms with Crippen LogP contribution < -0.4 is 5.01 Å². The third-order valence-corrected chi connectivity index (χ3v) is 6.98. The van der Waals surface area contributed by atoms with Gasteiger partial charge in [0, 0.05) is 36.7 Å². The molecule has 1 unspecified atom stereocenters. The van der Waals surface area contributed by atoms with Crippen LogP contribution in [0.5, 0.6) is 0 Å². The van der Waals surface area contributed by atoms with Gasteiger partial charge in [0.05, 0.1) is 17.3 Å². The highest BCUT2D eigenvalue weighted by atomic mass is 35.5. The number of anilines is 1. The number of amides is 1. The van der Waals surface area contributed by atoms with Gasteiger partial charge >= 0.3 is 0 Å². The van der Waals surface area contributed by atoms with Crippen molar-refractivity contribution in [1.29, 1.82) is 0 Å². The molecule has 2 aliphatic heterocycles. The third kappa shape index (κ3) is 4.48. The van der Waals surface area contributed by atoms with Gasteiger partial charge in [-0.1, -0.05) is 35.9 Å². The summed E-state index contributed by atoms with van der Waals surface area (Å²) in [6.07, 6.45) is 6.74. The lowest BCUT2D eigenvalue weighted by molar-refractivity contribution is -0.137. The van der Waals surface area contributed by atoms with Gasteiger partial charge in [-0.15, -0.1) is 0 Å². The zero-order chi connectivity index (χ0) is 21.4. The van der Waals surface area contributed by atoms with Crippen molar-refractivity contribution in [2.75, 3.05) is 18.1 Å². The monoisotopic (exact) mass is 437 g/mol. The Kier molecular flexibility index (Phi) is 5.49. The van der Waals surface area contributed by atoms with Crippen LogP contribution in [0.4, 0.5) is 5.69 Å². The maximum atomic E-state index is 12.3. The number of likely N-dealkylation sites (tertiary alicyclic amines) is 1. The van der Waals surface area contributed by atoms with Crippen LogP contribution in [-0.4, -0.2) is 46.9 Å². The molecule has 2 aromatic rings. The van der Waals surface area contributed by atoms with Crippen LogP contribution in [-0.2, 0) is 4.79 Å². The SMILES string of the molecule is O=C(C1CC1)N1CCC(O)(CC2CC=NN2c2cccc(-c3cccc(Cl)c3)c2)CC1. The number of aliphatic hydroxyl groups is 1. The van der Waals surface area contributed by atoms with E-state index in [1.807, 2.05) is 40.4 Å². The number of hydrazone groups is 1. The van der Waals surface area contributed by atoms with E-state index in [2.05, 4.69) is 29.4 Å². The highest BCUT2D eigenvalue weighted by Gasteiger charge is 2.41. The maximum absolute atomic E-state index is 12.3. The summed E-state index contributed by atoms with van der Waals surface area (Å²) in [7, 11) is 0. The predicted molar refractivity (Wildman–Crippen MR) is 124 cm³/mol. The van der Waals surface area contributed by atoms with Crippen molar-refractivity contribution in [3.63, 3.8) is 0 Å². The smallest absolute Gasteiger partial charge is 0.225 e. The van der Waals surface area contributed by atoms with Crippen LogP contribution in [0.25, 0.3) is 11.1 Å². The van der Waals surface area contributed by atoms with Crippen molar-refractivity contribution in [2.24, 2.45) is 11.0 Å². The Hall–Kier alpha value is -2.37. The van der Waals surface area contributed by atoms with Crippen LogP contribution in [0.3, 0.4) is 0 Å². The molecule has 1 atom stereocenters. The maximum Gasteiger partial charge on any atom is 0.225 e. The largest absolute Gasteiger partial charge is 0.390 e. The van der Waals surface area contributed by atoms with E-state index in [-0.39, 0.29) is 17.9 Å². The van der Waals surface area contributed by atoms with E-state index in [9.17, 15) is 9.90 Å². The van der Waals surface area contributed by atoms with Gasteiger partial charge in [0.2, 0.25) is 5.91 Å². The molecule has 0 spiro atoms. The first-order valence-electron chi connectivity index (χ1n) is 11.2.